The molecule has 0 atom stereocenters. The smallest absolute Gasteiger partial charge is 0.258 e. The van der Waals surface area contributed by atoms with Crippen LogP contribution in [-0.4, -0.2) is 15.9 Å². The van der Waals surface area contributed by atoms with E-state index in [-0.39, 0.29) is 5.91 Å². The summed E-state index contributed by atoms with van der Waals surface area (Å²) >= 11 is 4.93. The second-order valence-corrected chi connectivity index (χ2v) is 8.31. The highest BCUT2D eigenvalue weighted by molar-refractivity contribution is 9.10. The number of anilines is 1. The first-order valence-electron chi connectivity index (χ1n) is 8.42. The zero-order chi connectivity index (χ0) is 19.0. The number of pyridine rings is 1. The second kappa shape index (κ2) is 7.21. The number of carbonyl (C=O) groups excluding carboxylic acids is 1. The summed E-state index contributed by atoms with van der Waals surface area (Å²) in [6.07, 6.45) is 0. The quantitative estimate of drug-likeness (QED) is 0.428. The molecule has 0 saturated heterocycles. The fourth-order valence-corrected chi connectivity index (χ4v) is 3.90. The molecule has 0 spiro atoms. The Morgan fingerprint density at radius 2 is 1.78 bits per heavy atom. The van der Waals surface area contributed by atoms with Crippen molar-refractivity contribution in [3.05, 3.63) is 75.2 Å². The predicted octanol–water partition coefficient (Wildman–Crippen LogP) is 5.99. The van der Waals surface area contributed by atoms with E-state index in [2.05, 4.69) is 26.2 Å². The lowest BCUT2D eigenvalue weighted by Crippen LogP contribution is -2.13. The van der Waals surface area contributed by atoms with Gasteiger partial charge in [-0.25, -0.2) is 9.97 Å². The van der Waals surface area contributed by atoms with Crippen LogP contribution >= 0.6 is 27.3 Å². The zero-order valence-electron chi connectivity index (χ0n) is 14.8. The van der Waals surface area contributed by atoms with Crippen molar-refractivity contribution >= 4 is 49.2 Å². The monoisotopic (exact) mass is 437 g/mol. The maximum Gasteiger partial charge on any atom is 0.258 e. The number of carbonyl (C=O) groups is 1. The minimum absolute atomic E-state index is 0.180. The Kier molecular flexibility index (Phi) is 4.76. The van der Waals surface area contributed by atoms with E-state index in [1.807, 2.05) is 68.4 Å². The van der Waals surface area contributed by atoms with Gasteiger partial charge in [0.1, 0.15) is 0 Å². The van der Waals surface area contributed by atoms with E-state index >= 15 is 0 Å². The number of aromatic nitrogens is 2. The van der Waals surface area contributed by atoms with E-state index in [0.717, 1.165) is 37.2 Å². The minimum atomic E-state index is -0.180. The number of nitrogens with zero attached hydrogens (tertiary/aromatic N) is 2. The third-order valence-corrected chi connectivity index (χ3v) is 5.87. The topological polar surface area (TPSA) is 54.9 Å². The number of para-hydroxylation sites is 1. The fourth-order valence-electron chi connectivity index (χ4n) is 2.82. The number of halogens is 1. The van der Waals surface area contributed by atoms with Crippen LogP contribution in [0.2, 0.25) is 0 Å². The van der Waals surface area contributed by atoms with Crippen molar-refractivity contribution in [2.24, 2.45) is 0 Å². The molecule has 1 N–H and O–H groups in total. The molecule has 0 unspecified atom stereocenters. The molecule has 0 bridgehead atoms. The zero-order valence-corrected chi connectivity index (χ0v) is 17.2. The normalized spacial score (nSPS) is 10.9. The Morgan fingerprint density at radius 1 is 1.04 bits per heavy atom. The Bertz CT molecular complexity index is 1130. The maximum absolute atomic E-state index is 13.0. The lowest BCUT2D eigenvalue weighted by Gasteiger charge is -2.10. The van der Waals surface area contributed by atoms with E-state index in [4.69, 9.17) is 4.98 Å². The number of nitrogens with one attached hydrogen (secondary N) is 1. The summed E-state index contributed by atoms with van der Waals surface area (Å²) in [6, 6.07) is 17.4. The van der Waals surface area contributed by atoms with E-state index in [0.29, 0.717) is 10.7 Å². The Balaban J connectivity index is 1.80. The molecular formula is C21H16BrN3OS. The highest BCUT2D eigenvalue weighted by Crippen LogP contribution is 2.27. The van der Waals surface area contributed by atoms with Crippen molar-refractivity contribution in [3.8, 4) is 11.3 Å². The van der Waals surface area contributed by atoms with Crippen molar-refractivity contribution in [2.45, 2.75) is 13.8 Å². The Morgan fingerprint density at radius 3 is 2.48 bits per heavy atom. The van der Waals surface area contributed by atoms with Gasteiger partial charge in [0.2, 0.25) is 0 Å². The van der Waals surface area contributed by atoms with Gasteiger partial charge in [-0.2, -0.15) is 0 Å². The molecular weight excluding hydrogens is 422 g/mol. The molecule has 4 nitrogen and oxygen atoms in total. The molecule has 0 aliphatic carbocycles. The summed E-state index contributed by atoms with van der Waals surface area (Å²) in [5.74, 6) is -0.180. The molecule has 4 aromatic rings. The van der Waals surface area contributed by atoms with Gasteiger partial charge in [0.25, 0.3) is 5.91 Å². The molecule has 0 radical (unpaired) electrons. The minimum Gasteiger partial charge on any atom is -0.298 e. The third-order valence-electron chi connectivity index (χ3n) is 4.35. The van der Waals surface area contributed by atoms with Crippen molar-refractivity contribution in [1.82, 2.24) is 9.97 Å². The van der Waals surface area contributed by atoms with Crippen molar-refractivity contribution in [3.63, 3.8) is 0 Å². The van der Waals surface area contributed by atoms with Crippen LogP contribution in [-0.2, 0) is 0 Å². The molecule has 1 amide bonds. The molecule has 134 valence electrons. The van der Waals surface area contributed by atoms with Gasteiger partial charge in [0.05, 0.1) is 22.5 Å². The Labute approximate surface area is 169 Å². The third kappa shape index (κ3) is 3.63. The van der Waals surface area contributed by atoms with E-state index in [1.165, 1.54) is 11.3 Å². The number of rotatable bonds is 3. The van der Waals surface area contributed by atoms with Gasteiger partial charge in [0.15, 0.2) is 5.13 Å². The summed E-state index contributed by atoms with van der Waals surface area (Å²) in [5, 5.41) is 4.37. The van der Waals surface area contributed by atoms with E-state index < -0.39 is 0 Å². The molecule has 2 aromatic heterocycles. The van der Waals surface area contributed by atoms with Crippen molar-refractivity contribution in [1.29, 1.82) is 0 Å². The number of hydrogen-bond acceptors (Lipinski definition) is 4. The van der Waals surface area contributed by atoms with E-state index in [1.54, 1.807) is 0 Å². The number of benzene rings is 2. The second-order valence-electron chi connectivity index (χ2n) is 6.19. The first kappa shape index (κ1) is 17.8. The number of amides is 1. The molecule has 4 rings (SSSR count). The van der Waals surface area contributed by atoms with Gasteiger partial charge in [-0.3, -0.25) is 10.1 Å². The van der Waals surface area contributed by atoms with Crippen LogP contribution in [0.1, 0.15) is 20.9 Å². The molecule has 0 saturated carbocycles. The first-order chi connectivity index (χ1) is 13.0. The van der Waals surface area contributed by atoms with Crippen LogP contribution in [0.3, 0.4) is 0 Å². The van der Waals surface area contributed by atoms with Crippen LogP contribution < -0.4 is 5.32 Å². The maximum atomic E-state index is 13.0. The summed E-state index contributed by atoms with van der Waals surface area (Å²) in [6.45, 7) is 3.94. The number of hydrogen-bond donors (Lipinski definition) is 1. The summed E-state index contributed by atoms with van der Waals surface area (Å²) in [7, 11) is 0. The summed E-state index contributed by atoms with van der Waals surface area (Å²) in [4.78, 5) is 23.3. The lowest BCUT2D eigenvalue weighted by molar-refractivity contribution is 0.102. The SMILES string of the molecule is Cc1nc(NC(=O)c2cc(-c3ccc(Br)cc3)nc3ccccc23)sc1C. The number of fused-ring (bicyclic) bond motifs is 1. The summed E-state index contributed by atoms with van der Waals surface area (Å²) in [5.41, 5.74) is 4.03. The predicted molar refractivity (Wildman–Crippen MR) is 114 cm³/mol. The Hall–Kier alpha value is -2.57. The molecule has 27 heavy (non-hydrogen) atoms. The molecule has 2 aromatic carbocycles. The van der Waals surface area contributed by atoms with Gasteiger partial charge < -0.3 is 0 Å². The molecule has 0 fully saturated rings. The molecule has 6 heteroatoms. The highest BCUT2D eigenvalue weighted by Gasteiger charge is 2.16. The molecule has 0 aliphatic rings. The van der Waals surface area contributed by atoms with Crippen molar-refractivity contribution in [2.75, 3.05) is 5.32 Å². The average Bonchev–Trinajstić information content (AvgIpc) is 2.98. The number of thiazole rings is 1. The van der Waals surface area contributed by atoms with Crippen molar-refractivity contribution < 1.29 is 4.79 Å². The van der Waals surface area contributed by atoms with Gasteiger partial charge in [-0.1, -0.05) is 46.3 Å². The fraction of sp³-hybridized carbons (Fsp3) is 0.0952. The molecule has 2 heterocycles. The van der Waals surface area contributed by atoms with Crippen LogP contribution in [0.25, 0.3) is 22.2 Å². The lowest BCUT2D eigenvalue weighted by atomic mass is 10.0. The van der Waals surface area contributed by atoms with Crippen LogP contribution in [0, 0.1) is 13.8 Å². The van der Waals surface area contributed by atoms with E-state index in [9.17, 15) is 4.79 Å². The average molecular weight is 438 g/mol. The van der Waals surface area contributed by atoms with Crippen LogP contribution in [0.4, 0.5) is 5.13 Å². The first-order valence-corrected chi connectivity index (χ1v) is 10.0. The van der Waals surface area contributed by atoms with Crippen LogP contribution in [0.15, 0.2) is 59.1 Å². The summed E-state index contributed by atoms with van der Waals surface area (Å²) < 4.78 is 1.000. The largest absolute Gasteiger partial charge is 0.298 e. The van der Waals surface area contributed by atoms with Gasteiger partial charge in [-0.05, 0) is 38.1 Å². The highest BCUT2D eigenvalue weighted by atomic mass is 79.9. The van der Waals surface area contributed by atoms with Gasteiger partial charge in [0, 0.05) is 20.3 Å². The van der Waals surface area contributed by atoms with Crippen LogP contribution in [0.5, 0.6) is 0 Å². The molecule has 0 aliphatic heterocycles. The van der Waals surface area contributed by atoms with Gasteiger partial charge >= 0.3 is 0 Å². The number of aryl methyl sites for hydroxylation is 2. The van der Waals surface area contributed by atoms with Gasteiger partial charge in [-0.15, -0.1) is 11.3 Å². The standard InChI is InChI=1S/C21H16BrN3OS/c1-12-13(2)27-21(23-12)25-20(26)17-11-19(14-7-9-15(22)10-8-14)24-18-6-4-3-5-16(17)18/h3-11H,1-2H3,(H,23,25,26).